The number of aliphatic hydroxyl groups is 2. The second kappa shape index (κ2) is 10.3. The van der Waals surface area contributed by atoms with Crippen LogP contribution >= 0.6 is 0 Å². The van der Waals surface area contributed by atoms with E-state index in [1.54, 1.807) is 48.5 Å². The van der Waals surface area contributed by atoms with Crippen molar-refractivity contribution < 1.29 is 29.3 Å². The predicted octanol–water partition coefficient (Wildman–Crippen LogP) is 2.43. The normalized spacial score (nSPS) is 10.4. The molecule has 2 aromatic rings. The number of hydrogen-bond acceptors (Lipinski definition) is 6. The Balaban J connectivity index is 1.98. The molecule has 0 aromatic heterocycles. The number of carbonyl (C=O) groups excluding carboxylic acids is 2. The molecule has 0 saturated heterocycles. The first kappa shape index (κ1) is 19.6. The molecule has 0 spiro atoms. The Morgan fingerprint density at radius 2 is 1.00 bits per heavy atom. The van der Waals surface area contributed by atoms with E-state index in [1.165, 1.54) is 0 Å². The molecule has 26 heavy (non-hydrogen) atoms. The van der Waals surface area contributed by atoms with Crippen LogP contribution in [0.25, 0.3) is 11.1 Å². The molecular formula is C20H22O6. The maximum absolute atomic E-state index is 11.8. The molecule has 2 N–H and O–H groups in total. The van der Waals surface area contributed by atoms with E-state index in [4.69, 9.17) is 19.7 Å². The van der Waals surface area contributed by atoms with E-state index in [1.807, 2.05) is 0 Å². The highest BCUT2D eigenvalue weighted by molar-refractivity contribution is 5.91. The van der Waals surface area contributed by atoms with E-state index in [0.29, 0.717) is 24.0 Å². The second-order valence-electron chi connectivity index (χ2n) is 5.58. The highest BCUT2D eigenvalue weighted by atomic mass is 16.5. The summed E-state index contributed by atoms with van der Waals surface area (Å²) < 4.78 is 10.1. The Kier molecular flexibility index (Phi) is 7.79. The summed E-state index contributed by atoms with van der Waals surface area (Å²) in [5.74, 6) is -0.850. The van der Waals surface area contributed by atoms with Crippen LogP contribution in [-0.2, 0) is 9.47 Å². The lowest BCUT2D eigenvalue weighted by Gasteiger charge is -2.07. The number of carbonyl (C=O) groups is 2. The van der Waals surface area contributed by atoms with E-state index in [0.717, 1.165) is 11.1 Å². The zero-order valence-electron chi connectivity index (χ0n) is 14.4. The van der Waals surface area contributed by atoms with Gasteiger partial charge in [-0.15, -0.1) is 0 Å². The van der Waals surface area contributed by atoms with Gasteiger partial charge < -0.3 is 19.7 Å². The maximum Gasteiger partial charge on any atom is 0.338 e. The first-order chi connectivity index (χ1) is 12.7. The van der Waals surface area contributed by atoms with Gasteiger partial charge in [0.05, 0.1) is 24.3 Å². The summed E-state index contributed by atoms with van der Waals surface area (Å²) in [5, 5.41) is 17.4. The van der Waals surface area contributed by atoms with Gasteiger partial charge in [-0.1, -0.05) is 24.3 Å². The minimum Gasteiger partial charge on any atom is -0.462 e. The van der Waals surface area contributed by atoms with Crippen molar-refractivity contribution in [1.82, 2.24) is 0 Å². The molecule has 0 saturated carbocycles. The molecule has 0 atom stereocenters. The highest BCUT2D eigenvalue weighted by Crippen LogP contribution is 2.21. The van der Waals surface area contributed by atoms with Crippen LogP contribution in [0.3, 0.4) is 0 Å². The third-order valence-electron chi connectivity index (χ3n) is 3.65. The van der Waals surface area contributed by atoms with Crippen LogP contribution in [0.15, 0.2) is 48.5 Å². The minimum absolute atomic E-state index is 0.0167. The van der Waals surface area contributed by atoms with Gasteiger partial charge >= 0.3 is 11.9 Å². The summed E-state index contributed by atoms with van der Waals surface area (Å²) in [7, 11) is 0. The molecule has 2 rings (SSSR count). The third kappa shape index (κ3) is 5.68. The van der Waals surface area contributed by atoms with Gasteiger partial charge in [-0.2, -0.15) is 0 Å². The molecule has 6 heteroatoms. The van der Waals surface area contributed by atoms with Crippen molar-refractivity contribution >= 4 is 11.9 Å². The topological polar surface area (TPSA) is 93.1 Å². The standard InChI is InChI=1S/C20H22O6/c21-11-1-13-25-19(23)17-7-3-15(4-8-17)16-5-9-18(10-6-16)20(24)26-14-2-12-22/h3-10,21-22H,1-2,11-14H2. The van der Waals surface area contributed by atoms with Crippen LogP contribution in [0.2, 0.25) is 0 Å². The first-order valence-corrected chi connectivity index (χ1v) is 8.42. The van der Waals surface area contributed by atoms with Gasteiger partial charge in [-0.3, -0.25) is 0 Å². The molecule has 0 amide bonds. The van der Waals surface area contributed by atoms with Crippen molar-refractivity contribution in [3.63, 3.8) is 0 Å². The Labute approximate surface area is 152 Å². The van der Waals surface area contributed by atoms with Gasteiger partial charge in [0.1, 0.15) is 0 Å². The highest BCUT2D eigenvalue weighted by Gasteiger charge is 2.09. The molecule has 0 aliphatic heterocycles. The molecule has 0 aliphatic rings. The van der Waals surface area contributed by atoms with Crippen molar-refractivity contribution in [3.05, 3.63) is 59.7 Å². The summed E-state index contributed by atoms with van der Waals surface area (Å²) in [5.41, 5.74) is 2.68. The number of hydrogen-bond donors (Lipinski definition) is 2. The summed E-state index contributed by atoms with van der Waals surface area (Å²) in [6.45, 7) is 0.342. The molecular weight excluding hydrogens is 336 g/mol. The first-order valence-electron chi connectivity index (χ1n) is 8.42. The third-order valence-corrected chi connectivity index (χ3v) is 3.65. The summed E-state index contributed by atoms with van der Waals surface area (Å²) >= 11 is 0. The zero-order valence-corrected chi connectivity index (χ0v) is 14.4. The Bertz CT molecular complexity index is 643. The van der Waals surface area contributed by atoms with Crippen LogP contribution in [0, 0.1) is 0 Å². The average molecular weight is 358 g/mol. The summed E-state index contributed by atoms with van der Waals surface area (Å²) in [6.07, 6.45) is 0.831. The molecule has 0 bridgehead atoms. The van der Waals surface area contributed by atoms with Crippen molar-refractivity contribution in [3.8, 4) is 11.1 Å². The number of rotatable bonds is 9. The molecule has 0 fully saturated rings. The average Bonchev–Trinajstić information content (AvgIpc) is 2.68. The van der Waals surface area contributed by atoms with Gasteiger partial charge in [-0.25, -0.2) is 9.59 Å². The Morgan fingerprint density at radius 1 is 0.654 bits per heavy atom. The summed E-state index contributed by atoms with van der Waals surface area (Å²) in [4.78, 5) is 23.6. The molecule has 0 unspecified atom stereocenters. The van der Waals surface area contributed by atoms with E-state index in [-0.39, 0.29) is 26.4 Å². The van der Waals surface area contributed by atoms with Crippen molar-refractivity contribution in [2.75, 3.05) is 26.4 Å². The van der Waals surface area contributed by atoms with Crippen molar-refractivity contribution in [1.29, 1.82) is 0 Å². The van der Waals surface area contributed by atoms with Crippen LogP contribution in [-0.4, -0.2) is 48.6 Å². The fourth-order valence-corrected chi connectivity index (χ4v) is 2.22. The van der Waals surface area contributed by atoms with Gasteiger partial charge in [-0.05, 0) is 35.4 Å². The number of esters is 2. The SMILES string of the molecule is O=C(OCCCO)c1ccc(-c2ccc(C(=O)OCCCO)cc2)cc1. The quantitative estimate of drug-likeness (QED) is 0.528. The predicted molar refractivity (Wildman–Crippen MR) is 95.8 cm³/mol. The van der Waals surface area contributed by atoms with Crippen LogP contribution in [0.4, 0.5) is 0 Å². The second-order valence-corrected chi connectivity index (χ2v) is 5.58. The fourth-order valence-electron chi connectivity index (χ4n) is 2.22. The van der Waals surface area contributed by atoms with E-state index in [2.05, 4.69) is 0 Å². The lowest BCUT2D eigenvalue weighted by Crippen LogP contribution is -2.07. The van der Waals surface area contributed by atoms with Crippen LogP contribution in [0.5, 0.6) is 0 Å². The molecule has 2 aromatic carbocycles. The lowest BCUT2D eigenvalue weighted by molar-refractivity contribution is 0.0472. The maximum atomic E-state index is 11.8. The van der Waals surface area contributed by atoms with Gasteiger partial charge in [0.25, 0.3) is 0 Å². The Hall–Kier alpha value is -2.70. The monoisotopic (exact) mass is 358 g/mol. The molecule has 6 nitrogen and oxygen atoms in total. The van der Waals surface area contributed by atoms with Crippen LogP contribution < -0.4 is 0 Å². The van der Waals surface area contributed by atoms with Gasteiger partial charge in [0, 0.05) is 26.1 Å². The molecule has 0 aliphatic carbocycles. The van der Waals surface area contributed by atoms with Crippen LogP contribution in [0.1, 0.15) is 33.6 Å². The van der Waals surface area contributed by atoms with E-state index < -0.39 is 11.9 Å². The van der Waals surface area contributed by atoms with E-state index >= 15 is 0 Å². The van der Waals surface area contributed by atoms with Crippen molar-refractivity contribution in [2.45, 2.75) is 12.8 Å². The molecule has 0 radical (unpaired) electrons. The molecule has 138 valence electrons. The number of ether oxygens (including phenoxy) is 2. The number of benzene rings is 2. The smallest absolute Gasteiger partial charge is 0.338 e. The molecule has 0 heterocycles. The largest absolute Gasteiger partial charge is 0.462 e. The Morgan fingerprint density at radius 3 is 1.31 bits per heavy atom. The zero-order chi connectivity index (χ0) is 18.8. The van der Waals surface area contributed by atoms with E-state index in [9.17, 15) is 9.59 Å². The summed E-state index contributed by atoms with van der Waals surface area (Å²) in [6, 6.07) is 13.9. The van der Waals surface area contributed by atoms with Crippen molar-refractivity contribution in [2.24, 2.45) is 0 Å². The minimum atomic E-state index is -0.425. The van der Waals surface area contributed by atoms with Gasteiger partial charge in [0.15, 0.2) is 0 Å². The lowest BCUT2D eigenvalue weighted by atomic mass is 10.0. The fraction of sp³-hybridized carbons (Fsp3) is 0.300. The number of aliphatic hydroxyl groups excluding tert-OH is 2. The van der Waals surface area contributed by atoms with Gasteiger partial charge in [0.2, 0.25) is 0 Å².